The third kappa shape index (κ3) is 14.0. The molecule has 0 aliphatic carbocycles. The van der Waals surface area contributed by atoms with E-state index in [0.717, 1.165) is 80.7 Å². The summed E-state index contributed by atoms with van der Waals surface area (Å²) >= 11 is 3.47. The predicted molar refractivity (Wildman–Crippen MR) is 212 cm³/mol. The van der Waals surface area contributed by atoms with Gasteiger partial charge >= 0.3 is 19.5 Å². The Hall–Kier alpha value is -3.24. The van der Waals surface area contributed by atoms with Gasteiger partial charge in [-0.1, -0.05) is 122 Å². The zero-order valence-electron chi connectivity index (χ0n) is 32.0. The summed E-state index contributed by atoms with van der Waals surface area (Å²) in [6.07, 6.45) is -8.28. The van der Waals surface area contributed by atoms with Gasteiger partial charge in [-0.25, -0.2) is 0 Å². The minimum Gasteiger partial charge on any atom is -0.423 e. The van der Waals surface area contributed by atoms with Crippen molar-refractivity contribution in [3.8, 4) is 11.1 Å². The Morgan fingerprint density at radius 3 is 1.50 bits per heavy atom. The van der Waals surface area contributed by atoms with Gasteiger partial charge in [-0.2, -0.15) is 26.3 Å². The second-order valence-corrected chi connectivity index (χ2v) is 15.5. The van der Waals surface area contributed by atoms with Crippen molar-refractivity contribution in [1.82, 2.24) is 9.80 Å². The van der Waals surface area contributed by atoms with Crippen molar-refractivity contribution in [2.75, 3.05) is 39.4 Å². The molecule has 0 spiro atoms. The molecule has 2 aliphatic rings. The summed E-state index contributed by atoms with van der Waals surface area (Å²) in [7, 11) is -2.10. The van der Waals surface area contributed by atoms with Gasteiger partial charge in [0.1, 0.15) is 0 Å². The normalized spacial score (nSPS) is 18.2. The second-order valence-electron chi connectivity index (χ2n) is 14.6. The van der Waals surface area contributed by atoms with Crippen LogP contribution in [0.1, 0.15) is 49.9 Å². The number of ether oxygens (including phenoxy) is 2. The SMILES string of the molecule is CC(C)C1CN(Cc2ccc(-c3ccccc3C(F)(F)F)cc2)CCO1.CC(C)C1CN(Cc2ccc(Br)cc2)CCO1.OB(O)c1ccccc1C(F)(F)F. The lowest BCUT2D eigenvalue weighted by molar-refractivity contribution is -0.137. The summed E-state index contributed by atoms with van der Waals surface area (Å²) in [5, 5.41) is 17.2. The highest BCUT2D eigenvalue weighted by Gasteiger charge is 2.36. The molecule has 2 unspecified atom stereocenters. The fraction of sp³-hybridized carbons (Fsp3) is 0.429. The molecule has 2 N–H and O–H groups in total. The van der Waals surface area contributed by atoms with Crippen LogP contribution in [-0.4, -0.2) is 78.6 Å². The van der Waals surface area contributed by atoms with Crippen LogP contribution >= 0.6 is 15.9 Å². The molecule has 4 aromatic carbocycles. The topological polar surface area (TPSA) is 65.4 Å². The maximum atomic E-state index is 13.2. The molecular formula is C42H50BBrF6N2O4. The smallest absolute Gasteiger partial charge is 0.423 e. The Morgan fingerprint density at radius 2 is 1.07 bits per heavy atom. The van der Waals surface area contributed by atoms with Crippen LogP contribution in [-0.2, 0) is 34.9 Å². The average molecular weight is 852 g/mol. The van der Waals surface area contributed by atoms with Crippen LogP contribution in [0.25, 0.3) is 11.1 Å². The van der Waals surface area contributed by atoms with Crippen molar-refractivity contribution in [3.63, 3.8) is 0 Å². The van der Waals surface area contributed by atoms with E-state index in [0.29, 0.717) is 23.5 Å². The van der Waals surface area contributed by atoms with Gasteiger partial charge in [-0.3, -0.25) is 9.80 Å². The van der Waals surface area contributed by atoms with E-state index in [-0.39, 0.29) is 11.7 Å². The Bertz CT molecular complexity index is 1780. The summed E-state index contributed by atoms with van der Waals surface area (Å²) in [6.45, 7) is 16.0. The number of hydrogen-bond donors (Lipinski definition) is 2. The van der Waals surface area contributed by atoms with Crippen LogP contribution in [0.15, 0.2) is 102 Å². The molecule has 0 aromatic heterocycles. The summed E-state index contributed by atoms with van der Waals surface area (Å²) in [6, 6.07) is 26.0. The van der Waals surface area contributed by atoms with E-state index in [4.69, 9.17) is 19.5 Å². The van der Waals surface area contributed by atoms with Crippen LogP contribution in [0.2, 0.25) is 0 Å². The third-order valence-electron chi connectivity index (χ3n) is 9.61. The molecule has 2 atom stereocenters. The maximum absolute atomic E-state index is 13.2. The van der Waals surface area contributed by atoms with Crippen molar-refractivity contribution in [1.29, 1.82) is 0 Å². The molecule has 6 nitrogen and oxygen atoms in total. The van der Waals surface area contributed by atoms with E-state index < -0.39 is 36.1 Å². The Balaban J connectivity index is 0.000000200. The number of morpholine rings is 2. The van der Waals surface area contributed by atoms with Crippen LogP contribution in [0.3, 0.4) is 0 Å². The zero-order chi connectivity index (χ0) is 41.0. The van der Waals surface area contributed by atoms with E-state index >= 15 is 0 Å². The molecule has 56 heavy (non-hydrogen) atoms. The fourth-order valence-electron chi connectivity index (χ4n) is 6.42. The van der Waals surface area contributed by atoms with E-state index in [1.807, 2.05) is 12.1 Å². The molecule has 4 aromatic rings. The number of nitrogens with zero attached hydrogens (tertiary/aromatic N) is 2. The average Bonchev–Trinajstić information content (AvgIpc) is 3.16. The molecule has 6 rings (SSSR count). The van der Waals surface area contributed by atoms with Crippen LogP contribution in [0.4, 0.5) is 26.3 Å². The van der Waals surface area contributed by atoms with Crippen molar-refractivity contribution < 1.29 is 45.9 Å². The lowest BCUT2D eigenvalue weighted by Crippen LogP contribution is -2.44. The summed E-state index contributed by atoms with van der Waals surface area (Å²) in [4.78, 5) is 4.82. The number of rotatable bonds is 8. The first-order valence-corrected chi connectivity index (χ1v) is 19.4. The summed E-state index contributed by atoms with van der Waals surface area (Å²) in [5.74, 6) is 1.07. The number of hydrogen-bond acceptors (Lipinski definition) is 6. The van der Waals surface area contributed by atoms with Gasteiger partial charge in [0.15, 0.2) is 0 Å². The highest BCUT2D eigenvalue weighted by atomic mass is 79.9. The first-order valence-electron chi connectivity index (χ1n) is 18.6. The van der Waals surface area contributed by atoms with Crippen LogP contribution in [0.5, 0.6) is 0 Å². The van der Waals surface area contributed by atoms with E-state index in [2.05, 4.69) is 77.7 Å². The molecule has 2 aliphatic heterocycles. The van der Waals surface area contributed by atoms with E-state index in [1.165, 1.54) is 29.8 Å². The lowest BCUT2D eigenvalue weighted by atomic mass is 9.77. The predicted octanol–water partition coefficient (Wildman–Crippen LogP) is 8.92. The molecule has 0 radical (unpaired) electrons. The van der Waals surface area contributed by atoms with Gasteiger partial charge in [0.25, 0.3) is 0 Å². The largest absolute Gasteiger partial charge is 0.489 e. The van der Waals surface area contributed by atoms with Gasteiger partial charge in [0.2, 0.25) is 0 Å². The Labute approximate surface area is 334 Å². The minimum absolute atomic E-state index is 0.220. The van der Waals surface area contributed by atoms with Crippen molar-refractivity contribution in [3.05, 3.63) is 124 Å². The summed E-state index contributed by atoms with van der Waals surface area (Å²) < 4.78 is 88.9. The third-order valence-corrected chi connectivity index (χ3v) is 10.1. The molecule has 304 valence electrons. The van der Waals surface area contributed by atoms with Crippen molar-refractivity contribution in [2.24, 2.45) is 11.8 Å². The van der Waals surface area contributed by atoms with Crippen LogP contribution < -0.4 is 5.46 Å². The van der Waals surface area contributed by atoms with Gasteiger partial charge in [-0.05, 0) is 57.8 Å². The highest BCUT2D eigenvalue weighted by Crippen LogP contribution is 2.37. The Morgan fingerprint density at radius 1 is 0.643 bits per heavy atom. The van der Waals surface area contributed by atoms with Crippen molar-refractivity contribution >= 4 is 28.5 Å². The first-order chi connectivity index (χ1) is 26.4. The second kappa shape index (κ2) is 21.0. The number of halogens is 7. The maximum Gasteiger partial charge on any atom is 0.489 e. The zero-order valence-corrected chi connectivity index (χ0v) is 33.6. The van der Waals surface area contributed by atoms with Crippen molar-refractivity contribution in [2.45, 2.75) is 65.3 Å². The molecule has 0 saturated carbocycles. The lowest BCUT2D eigenvalue weighted by Gasteiger charge is -2.34. The van der Waals surface area contributed by atoms with Gasteiger partial charge < -0.3 is 19.5 Å². The molecule has 2 heterocycles. The molecule has 0 bridgehead atoms. The number of benzene rings is 4. The van der Waals surface area contributed by atoms with Gasteiger partial charge in [0, 0.05) is 43.7 Å². The monoisotopic (exact) mass is 850 g/mol. The highest BCUT2D eigenvalue weighted by molar-refractivity contribution is 9.10. The molecular weight excluding hydrogens is 801 g/mol. The van der Waals surface area contributed by atoms with Crippen LogP contribution in [0, 0.1) is 11.8 Å². The molecule has 2 saturated heterocycles. The molecule has 2 fully saturated rings. The molecule has 0 amide bonds. The minimum atomic E-state index is -4.56. The Kier molecular flexibility index (Phi) is 17.0. The van der Waals surface area contributed by atoms with E-state index in [1.54, 1.807) is 18.2 Å². The fourth-order valence-corrected chi connectivity index (χ4v) is 6.68. The van der Waals surface area contributed by atoms with Gasteiger partial charge in [-0.15, -0.1) is 0 Å². The number of alkyl halides is 6. The quantitative estimate of drug-likeness (QED) is 0.137. The first kappa shape index (κ1) is 45.5. The standard InChI is InChI=1S/C21H24F3NO.C14H20BrNO.C7H6BF3O2/c1-15(2)20-14-25(11-12-26-20)13-16-7-9-17(10-8-16)18-5-3-4-6-19(18)21(22,23)24;1-11(2)14-10-16(7-8-17-14)9-12-3-5-13(15)6-4-12;9-7(10,11)5-3-1-2-4-6(5)8(12)13/h3-10,15,20H,11-14H2,1-2H3;3-6,11,14H,7-10H2,1-2H3;1-4,12-13H. The summed E-state index contributed by atoms with van der Waals surface area (Å²) in [5.41, 5.74) is 1.13. The van der Waals surface area contributed by atoms with Gasteiger partial charge in [0.05, 0.1) is 36.5 Å². The molecule has 14 heteroatoms. The van der Waals surface area contributed by atoms with E-state index in [9.17, 15) is 26.3 Å².